The van der Waals surface area contributed by atoms with Gasteiger partial charge in [0.05, 0.1) is 17.2 Å². The molecule has 0 spiro atoms. The summed E-state index contributed by atoms with van der Waals surface area (Å²) in [7, 11) is -0.954. The average molecular weight is 626 g/mol. The van der Waals surface area contributed by atoms with Crippen molar-refractivity contribution in [3.63, 3.8) is 0 Å². The SMILES string of the molecule is CCCCCCNS(=O)(=O)O.CN(C)C1C(=O)C(C(N)=O)=C(O)C2(O)C(=O)C3=C(O)c4c(O)cccc4C(C)(O)C3CC12. The van der Waals surface area contributed by atoms with E-state index in [1.807, 2.05) is 4.72 Å². The lowest BCUT2D eigenvalue weighted by Crippen LogP contribution is -2.67. The molecule has 3 aliphatic carbocycles. The minimum Gasteiger partial charge on any atom is -0.508 e. The van der Waals surface area contributed by atoms with Crippen molar-refractivity contribution in [2.45, 2.75) is 63.2 Å². The second kappa shape index (κ2) is 12.3. The summed E-state index contributed by atoms with van der Waals surface area (Å²) in [6, 6.07) is 3.02. The molecule has 5 unspecified atom stereocenters. The van der Waals surface area contributed by atoms with Crippen LogP contribution in [0.4, 0.5) is 0 Å². The van der Waals surface area contributed by atoms with E-state index < -0.39 is 85.3 Å². The number of aliphatic hydroxyl groups excluding tert-OH is 2. The van der Waals surface area contributed by atoms with Crippen molar-refractivity contribution in [3.05, 3.63) is 46.2 Å². The number of likely N-dealkylation sites (N-methyl/N-ethyl adjacent to an activating group) is 1. The van der Waals surface area contributed by atoms with E-state index in [9.17, 15) is 48.3 Å². The van der Waals surface area contributed by atoms with Crippen LogP contribution in [-0.2, 0) is 30.3 Å². The maximum absolute atomic E-state index is 13.7. The first-order valence-corrected chi connectivity index (χ1v) is 15.2. The van der Waals surface area contributed by atoms with Crippen LogP contribution in [0.3, 0.4) is 0 Å². The molecule has 0 aliphatic heterocycles. The van der Waals surface area contributed by atoms with Crippen molar-refractivity contribution in [2.75, 3.05) is 20.6 Å². The Hall–Kier alpha value is -3.34. The summed E-state index contributed by atoms with van der Waals surface area (Å²) in [4.78, 5) is 40.0. The van der Waals surface area contributed by atoms with Crippen molar-refractivity contribution in [1.29, 1.82) is 0 Å². The highest BCUT2D eigenvalue weighted by atomic mass is 32.2. The minimum absolute atomic E-state index is 0.170. The molecule has 1 aromatic carbocycles. The third-order valence-corrected chi connectivity index (χ3v) is 8.90. The highest BCUT2D eigenvalue weighted by Crippen LogP contribution is 2.57. The van der Waals surface area contributed by atoms with Crippen molar-refractivity contribution in [3.8, 4) is 5.75 Å². The van der Waals surface area contributed by atoms with E-state index in [2.05, 4.69) is 6.92 Å². The largest absolute Gasteiger partial charge is 0.508 e. The molecule has 1 amide bonds. The van der Waals surface area contributed by atoms with Crippen molar-refractivity contribution >= 4 is 33.5 Å². The number of nitrogens with zero attached hydrogens (tertiary/aromatic N) is 1. The minimum atomic E-state index is -3.96. The molecule has 1 saturated carbocycles. The molecule has 9 N–H and O–H groups in total. The van der Waals surface area contributed by atoms with Crippen molar-refractivity contribution in [1.82, 2.24) is 9.62 Å². The van der Waals surface area contributed by atoms with Crippen LogP contribution in [0.5, 0.6) is 5.75 Å². The molecule has 43 heavy (non-hydrogen) atoms. The summed E-state index contributed by atoms with van der Waals surface area (Å²) < 4.78 is 30.5. The summed E-state index contributed by atoms with van der Waals surface area (Å²) in [5.41, 5.74) is -0.548. The van der Waals surface area contributed by atoms with Gasteiger partial charge in [-0.15, -0.1) is 0 Å². The molecule has 14 nitrogen and oxygen atoms in total. The molecule has 0 radical (unpaired) electrons. The Morgan fingerprint density at radius 1 is 1.12 bits per heavy atom. The van der Waals surface area contributed by atoms with Crippen LogP contribution in [-0.4, -0.2) is 93.2 Å². The first kappa shape index (κ1) is 34.2. The molecule has 1 fully saturated rings. The number of ketones is 2. The van der Waals surface area contributed by atoms with Gasteiger partial charge in [-0.05, 0) is 45.5 Å². The van der Waals surface area contributed by atoms with Gasteiger partial charge in [0.1, 0.15) is 22.8 Å². The Balaban J connectivity index is 0.000000393. The Bertz CT molecular complexity index is 1480. The third kappa shape index (κ3) is 6.05. The molecule has 0 saturated heterocycles. The van der Waals surface area contributed by atoms with E-state index in [-0.39, 0.29) is 17.5 Å². The number of hydrogen-bond donors (Lipinski definition) is 8. The second-order valence-corrected chi connectivity index (χ2v) is 12.6. The van der Waals surface area contributed by atoms with Gasteiger partial charge in [-0.1, -0.05) is 38.3 Å². The molecule has 0 bridgehead atoms. The van der Waals surface area contributed by atoms with E-state index in [4.69, 9.17) is 10.3 Å². The fraction of sp³-hybridized carbons (Fsp3) is 0.536. The number of aliphatic hydroxyl groups is 4. The topological polar surface area (TPSA) is 248 Å². The molecule has 15 heteroatoms. The number of aromatic hydroxyl groups is 1. The van der Waals surface area contributed by atoms with Gasteiger partial charge in [-0.2, -0.15) is 13.1 Å². The zero-order chi connectivity index (χ0) is 32.7. The van der Waals surface area contributed by atoms with Crippen LogP contribution in [0.25, 0.3) is 5.76 Å². The van der Waals surface area contributed by atoms with Gasteiger partial charge >= 0.3 is 10.3 Å². The molecular weight excluding hydrogens is 586 g/mol. The lowest BCUT2D eigenvalue weighted by molar-refractivity contribution is -0.159. The van der Waals surface area contributed by atoms with E-state index >= 15 is 0 Å². The first-order valence-electron chi connectivity index (χ1n) is 13.8. The Morgan fingerprint density at radius 3 is 2.28 bits per heavy atom. The van der Waals surface area contributed by atoms with E-state index in [0.29, 0.717) is 6.54 Å². The number of carbonyl (C=O) groups is 3. The fourth-order valence-electron chi connectivity index (χ4n) is 6.25. The quantitative estimate of drug-likeness (QED) is 0.112. The molecule has 238 valence electrons. The molecule has 5 atom stereocenters. The predicted octanol–water partition coefficient (Wildman–Crippen LogP) is 0.588. The zero-order valence-corrected chi connectivity index (χ0v) is 25.2. The number of nitrogens with one attached hydrogen (secondary N) is 1. The highest BCUT2D eigenvalue weighted by molar-refractivity contribution is 7.83. The summed E-state index contributed by atoms with van der Waals surface area (Å²) in [6.07, 6.45) is 3.81. The van der Waals surface area contributed by atoms with Gasteiger partial charge in [0.25, 0.3) is 5.91 Å². The molecular formula is C28H39N3O11S. The number of phenolic OH excluding ortho intramolecular Hbond substituents is 1. The zero-order valence-electron chi connectivity index (χ0n) is 24.4. The maximum Gasteiger partial charge on any atom is 0.333 e. The summed E-state index contributed by atoms with van der Waals surface area (Å²) >= 11 is 0. The molecule has 3 aliphatic rings. The number of hydrogen-bond acceptors (Lipinski definition) is 11. The van der Waals surface area contributed by atoms with Gasteiger partial charge in [-0.25, -0.2) is 0 Å². The highest BCUT2D eigenvalue weighted by Gasteiger charge is 2.66. The number of rotatable bonds is 8. The summed E-state index contributed by atoms with van der Waals surface area (Å²) in [5.74, 6) is -7.90. The van der Waals surface area contributed by atoms with E-state index in [1.54, 1.807) is 0 Å². The van der Waals surface area contributed by atoms with E-state index in [0.717, 1.165) is 25.7 Å². The number of primary amides is 1. The third-order valence-electron chi connectivity index (χ3n) is 8.34. The van der Waals surface area contributed by atoms with Crippen molar-refractivity contribution < 1.29 is 52.9 Å². The number of carbonyl (C=O) groups excluding carboxylic acids is 3. The number of amides is 1. The molecule has 4 rings (SSSR count). The fourth-order valence-corrected chi connectivity index (χ4v) is 6.66. The standard InChI is InChI=1S/C22H24N2O8.C6H15NO3S/c1-21(31)8-5-4-6-11(25)12(8)16(26)13-9(21)7-10-15(24(2)3)17(27)14(20(23)30)19(29)22(10,32)18(13)28;1-2-3-4-5-6-7-11(8,9)10/h4-6,9-10,15,25-26,29,31-32H,7H2,1-3H3,(H2,23,30);7H,2-6H2,1H3,(H,8,9,10). The number of phenols is 1. The monoisotopic (exact) mass is 625 g/mol. The Labute approximate surface area is 249 Å². The van der Waals surface area contributed by atoms with Crippen LogP contribution < -0.4 is 10.5 Å². The van der Waals surface area contributed by atoms with Crippen molar-refractivity contribution in [2.24, 2.45) is 17.6 Å². The average Bonchev–Trinajstić information content (AvgIpc) is 2.88. The van der Waals surface area contributed by atoms with Gasteiger partial charge in [-0.3, -0.25) is 23.8 Å². The van der Waals surface area contributed by atoms with Gasteiger partial charge in [0, 0.05) is 24.0 Å². The number of benzene rings is 1. The normalized spacial score (nSPS) is 28.6. The second-order valence-electron chi connectivity index (χ2n) is 11.4. The summed E-state index contributed by atoms with van der Waals surface area (Å²) in [5, 5.41) is 54.9. The number of Topliss-reactive ketones (excluding diaryl/α,β-unsaturated/α-hetero) is 2. The van der Waals surface area contributed by atoms with Gasteiger partial charge in [0.15, 0.2) is 11.4 Å². The number of fused-ring (bicyclic) bond motifs is 3. The van der Waals surface area contributed by atoms with Crippen LogP contribution in [0.15, 0.2) is 35.1 Å². The lowest BCUT2D eigenvalue weighted by atomic mass is 9.54. The molecule has 0 heterocycles. The number of nitrogens with two attached hydrogens (primary N) is 1. The Kier molecular flexibility index (Phi) is 9.80. The number of unbranched alkanes of at least 4 members (excludes halogenated alkanes) is 3. The van der Waals surface area contributed by atoms with Crippen LogP contribution >= 0.6 is 0 Å². The van der Waals surface area contributed by atoms with Crippen LogP contribution in [0.2, 0.25) is 0 Å². The van der Waals surface area contributed by atoms with Gasteiger partial charge in [0.2, 0.25) is 5.78 Å². The van der Waals surface area contributed by atoms with Gasteiger partial charge < -0.3 is 31.3 Å². The predicted molar refractivity (Wildman–Crippen MR) is 154 cm³/mol. The maximum atomic E-state index is 13.7. The van der Waals surface area contributed by atoms with Crippen LogP contribution in [0.1, 0.15) is 57.1 Å². The lowest BCUT2D eigenvalue weighted by Gasteiger charge is -2.53. The first-order chi connectivity index (χ1) is 19.8. The van der Waals surface area contributed by atoms with E-state index in [1.165, 1.54) is 44.1 Å². The van der Waals surface area contributed by atoms with Crippen LogP contribution in [0, 0.1) is 11.8 Å². The molecule has 1 aromatic rings. The smallest absolute Gasteiger partial charge is 0.333 e. The Morgan fingerprint density at radius 2 is 1.74 bits per heavy atom. The molecule has 0 aromatic heterocycles. The summed E-state index contributed by atoms with van der Waals surface area (Å²) in [6.45, 7) is 3.81.